The number of ether oxygens (including phenoxy) is 1. The van der Waals surface area contributed by atoms with Crippen molar-refractivity contribution in [2.75, 3.05) is 6.61 Å². The Morgan fingerprint density at radius 2 is 1.63 bits per heavy atom. The van der Waals surface area contributed by atoms with Gasteiger partial charge in [0.05, 0.1) is 13.2 Å². The van der Waals surface area contributed by atoms with Crippen LogP contribution < -0.4 is 0 Å². The van der Waals surface area contributed by atoms with E-state index in [2.05, 4.69) is 39.5 Å². The molecule has 0 N–H and O–H groups in total. The first kappa shape index (κ1) is 27.6. The summed E-state index contributed by atoms with van der Waals surface area (Å²) in [7, 11) is 0. The maximum Gasteiger partial charge on any atom is 0.302 e. The minimum Gasteiger partial charge on any atom is -0.465 e. The highest BCUT2D eigenvalue weighted by Crippen LogP contribution is 2.75. The van der Waals surface area contributed by atoms with Crippen LogP contribution in [0.2, 0.25) is 0 Å². The van der Waals surface area contributed by atoms with Gasteiger partial charge >= 0.3 is 5.97 Å². The van der Waals surface area contributed by atoms with Crippen LogP contribution in [-0.4, -0.2) is 24.1 Å². The van der Waals surface area contributed by atoms with Crippen LogP contribution >= 0.6 is 0 Å². The van der Waals surface area contributed by atoms with Gasteiger partial charge in [-0.15, -0.1) is 0 Å². The van der Waals surface area contributed by atoms with Crippen molar-refractivity contribution in [2.24, 2.45) is 56.2 Å². The molecular weight excluding hydrogens is 474 g/mol. The van der Waals surface area contributed by atoms with E-state index < -0.39 is 5.41 Å². The van der Waals surface area contributed by atoms with Gasteiger partial charge in [0.15, 0.2) is 5.78 Å². The highest BCUT2D eigenvalue weighted by Gasteiger charge is 2.72. The van der Waals surface area contributed by atoms with E-state index in [0.717, 1.165) is 44.9 Å². The molecule has 0 aromatic carbocycles. The Labute approximate surface area is 229 Å². The zero-order valence-electron chi connectivity index (χ0n) is 24.8. The van der Waals surface area contributed by atoms with Crippen molar-refractivity contribution in [3.05, 3.63) is 23.2 Å². The summed E-state index contributed by atoms with van der Waals surface area (Å²) in [5, 5.41) is 0. The molecule has 0 saturated heterocycles. The molecule has 5 aliphatic carbocycles. The molecule has 208 valence electrons. The molecule has 0 aromatic heterocycles. The van der Waals surface area contributed by atoms with Crippen LogP contribution in [0.25, 0.3) is 4.85 Å². The van der Waals surface area contributed by atoms with E-state index in [9.17, 15) is 14.4 Å². The van der Waals surface area contributed by atoms with Crippen molar-refractivity contribution >= 4 is 17.5 Å². The molecule has 5 heteroatoms. The van der Waals surface area contributed by atoms with Gasteiger partial charge in [-0.1, -0.05) is 54.5 Å². The van der Waals surface area contributed by atoms with E-state index in [-0.39, 0.29) is 68.2 Å². The van der Waals surface area contributed by atoms with Gasteiger partial charge in [-0.05, 0) is 84.4 Å². The summed E-state index contributed by atoms with van der Waals surface area (Å²) in [6.07, 6.45) is 9.46. The first-order valence-electron chi connectivity index (χ1n) is 14.8. The number of allylic oxidation sites excluding steroid dienone is 2. The highest BCUT2D eigenvalue weighted by atomic mass is 16.5. The van der Waals surface area contributed by atoms with Crippen LogP contribution in [-0.2, 0) is 19.1 Å². The maximum absolute atomic E-state index is 14.5. The predicted molar refractivity (Wildman–Crippen MR) is 147 cm³/mol. The Morgan fingerprint density at radius 1 is 0.974 bits per heavy atom. The second kappa shape index (κ2) is 8.28. The summed E-state index contributed by atoms with van der Waals surface area (Å²) < 4.78 is 5.72. The van der Waals surface area contributed by atoms with Crippen molar-refractivity contribution in [3.8, 4) is 0 Å². The summed E-state index contributed by atoms with van der Waals surface area (Å²) in [6.45, 7) is 25.4. The molecule has 38 heavy (non-hydrogen) atoms. The molecular formula is C33H47NO4. The molecule has 5 nitrogen and oxygen atoms in total. The molecule has 0 radical (unpaired) electrons. The van der Waals surface area contributed by atoms with Crippen LogP contribution in [0, 0.1) is 62.7 Å². The van der Waals surface area contributed by atoms with Gasteiger partial charge in [0, 0.05) is 30.1 Å². The predicted octanol–water partition coefficient (Wildman–Crippen LogP) is 7.20. The molecule has 0 spiro atoms. The van der Waals surface area contributed by atoms with E-state index in [1.165, 1.54) is 6.92 Å². The number of rotatable bonds is 2. The maximum atomic E-state index is 14.5. The number of nitrogens with zero attached hydrogens (tertiary/aromatic N) is 1. The van der Waals surface area contributed by atoms with Crippen LogP contribution in [0.15, 0.2) is 11.8 Å². The monoisotopic (exact) mass is 521 g/mol. The average molecular weight is 522 g/mol. The standard InChI is InChI=1S/C33H47NO4/c1-20(35)38-19-33-14-12-28(2,3)17-21(33)26-23(36)16-25-30(6)18-22(34-9)27(37)29(4,5)24(30)10-11-31(25,7)32(26,8)13-15-33/h18,21,24-26H,10-17,19H2,1-8H3/t21-,24-,25+,26-,30-,31+,32+,33+/m0/s1. The molecule has 0 aromatic rings. The van der Waals surface area contributed by atoms with Crippen molar-refractivity contribution in [3.63, 3.8) is 0 Å². The fourth-order valence-electron chi connectivity index (χ4n) is 10.9. The quantitative estimate of drug-likeness (QED) is 0.285. The lowest BCUT2D eigenvalue weighted by atomic mass is 9.32. The van der Waals surface area contributed by atoms with Gasteiger partial charge in [0.1, 0.15) is 5.78 Å². The molecule has 5 rings (SSSR count). The first-order valence-corrected chi connectivity index (χ1v) is 14.8. The summed E-state index contributed by atoms with van der Waals surface area (Å²) in [6, 6.07) is 0. The van der Waals surface area contributed by atoms with Crippen LogP contribution in [0.3, 0.4) is 0 Å². The Bertz CT molecular complexity index is 1160. The van der Waals surface area contributed by atoms with Crippen molar-refractivity contribution in [1.82, 2.24) is 0 Å². The largest absolute Gasteiger partial charge is 0.465 e. The molecule has 0 amide bonds. The number of Topliss-reactive ketones (excluding diaryl/α,β-unsaturated/α-hetero) is 2. The van der Waals surface area contributed by atoms with Gasteiger partial charge in [-0.25, -0.2) is 4.85 Å². The van der Waals surface area contributed by atoms with Gasteiger partial charge in [-0.3, -0.25) is 9.59 Å². The normalized spacial score (nSPS) is 46.9. The molecule has 8 atom stereocenters. The van der Waals surface area contributed by atoms with E-state index in [0.29, 0.717) is 18.8 Å². The minimum atomic E-state index is -0.606. The molecule has 0 aliphatic heterocycles. The first-order chi connectivity index (χ1) is 17.5. The number of esters is 1. The zero-order chi connectivity index (χ0) is 28.1. The van der Waals surface area contributed by atoms with Crippen molar-refractivity contribution in [1.29, 1.82) is 0 Å². The number of hydrogen-bond acceptors (Lipinski definition) is 4. The van der Waals surface area contributed by atoms with Crippen molar-refractivity contribution in [2.45, 2.75) is 107 Å². The van der Waals surface area contributed by atoms with Crippen LogP contribution in [0.1, 0.15) is 107 Å². The SMILES string of the molecule is [C-]#[N+]C1=C[C@]2(C)[C@H]3CC(=O)[C@@H]4[C@@H]5CC(C)(C)CC[C@]5(COC(C)=O)CC[C@@]4(C)[C@]3(C)CC[C@H]2C(C)(C)C1=O. The summed E-state index contributed by atoms with van der Waals surface area (Å²) in [5.74, 6) is 0.472. The summed E-state index contributed by atoms with van der Waals surface area (Å²) in [5.41, 5.74) is -0.928. The smallest absolute Gasteiger partial charge is 0.302 e. The third-order valence-corrected chi connectivity index (χ3v) is 13.2. The second-order valence-electron chi connectivity index (χ2n) is 15.8. The Kier molecular flexibility index (Phi) is 6.01. The Hall–Kier alpha value is -1.96. The third kappa shape index (κ3) is 3.50. The van der Waals surface area contributed by atoms with E-state index >= 15 is 0 Å². The Morgan fingerprint density at radius 3 is 2.26 bits per heavy atom. The minimum absolute atomic E-state index is 0.0397. The number of carbonyl (C=O) groups excluding carboxylic acids is 3. The molecule has 4 saturated carbocycles. The zero-order valence-corrected chi connectivity index (χ0v) is 24.8. The molecule has 0 unspecified atom stereocenters. The van der Waals surface area contributed by atoms with Gasteiger partial charge in [0.25, 0.3) is 0 Å². The third-order valence-electron chi connectivity index (χ3n) is 13.2. The Balaban J connectivity index is 1.61. The van der Waals surface area contributed by atoms with E-state index in [1.54, 1.807) is 0 Å². The summed E-state index contributed by atoms with van der Waals surface area (Å²) in [4.78, 5) is 43.3. The van der Waals surface area contributed by atoms with E-state index in [1.807, 2.05) is 19.9 Å². The lowest BCUT2D eigenvalue weighted by molar-refractivity contribution is -0.227. The van der Waals surface area contributed by atoms with Crippen molar-refractivity contribution < 1.29 is 19.1 Å². The number of ketones is 2. The topological polar surface area (TPSA) is 64.8 Å². The van der Waals surface area contributed by atoms with Crippen LogP contribution in [0.5, 0.6) is 0 Å². The molecule has 0 heterocycles. The number of carbonyl (C=O) groups is 3. The molecule has 0 bridgehead atoms. The number of hydrogen-bond donors (Lipinski definition) is 0. The molecule has 4 fully saturated rings. The summed E-state index contributed by atoms with van der Waals surface area (Å²) >= 11 is 0. The van der Waals surface area contributed by atoms with Gasteiger partial charge in [0.2, 0.25) is 5.70 Å². The van der Waals surface area contributed by atoms with Gasteiger partial charge in [-0.2, -0.15) is 0 Å². The number of fused-ring (bicyclic) bond motifs is 7. The average Bonchev–Trinajstić information content (AvgIpc) is 2.82. The second-order valence-corrected chi connectivity index (χ2v) is 15.8. The molecule has 5 aliphatic rings. The fraction of sp³-hybridized carbons (Fsp3) is 0.818. The lowest BCUT2D eigenvalue weighted by Gasteiger charge is -2.72. The van der Waals surface area contributed by atoms with Gasteiger partial charge < -0.3 is 9.53 Å². The lowest BCUT2D eigenvalue weighted by Crippen LogP contribution is -2.69. The highest BCUT2D eigenvalue weighted by molar-refractivity contribution is 6.02. The van der Waals surface area contributed by atoms with E-state index in [4.69, 9.17) is 11.3 Å². The fourth-order valence-corrected chi connectivity index (χ4v) is 10.9. The van der Waals surface area contributed by atoms with Crippen LogP contribution in [0.4, 0.5) is 0 Å².